The van der Waals surface area contributed by atoms with Gasteiger partial charge >= 0.3 is 0 Å². The zero-order valence-corrected chi connectivity index (χ0v) is 16.9. The number of carbonyl (C=O) groups is 2. The van der Waals surface area contributed by atoms with Gasteiger partial charge in [-0.15, -0.1) is 10.2 Å². The first-order valence-electron chi connectivity index (χ1n) is 9.29. The Morgan fingerprint density at radius 2 is 1.81 bits per heavy atom. The number of hydrogen-bond acceptors (Lipinski definition) is 5. The van der Waals surface area contributed by atoms with Gasteiger partial charge in [0, 0.05) is 31.0 Å². The molecule has 1 aliphatic heterocycles. The summed E-state index contributed by atoms with van der Waals surface area (Å²) in [5, 5.41) is 12.6. The molecular formula is C20H26N4O2S. The number of nitrogens with one attached hydrogen (secondary N) is 1. The van der Waals surface area contributed by atoms with Crippen molar-refractivity contribution >= 4 is 28.3 Å². The number of aromatic nitrogens is 2. The van der Waals surface area contributed by atoms with Crippen LogP contribution in [0.15, 0.2) is 30.3 Å². The fraction of sp³-hybridized carbons (Fsp3) is 0.500. The summed E-state index contributed by atoms with van der Waals surface area (Å²) < 4.78 is 0. The lowest BCUT2D eigenvalue weighted by Crippen LogP contribution is -2.41. The van der Waals surface area contributed by atoms with E-state index in [0.717, 1.165) is 11.4 Å². The van der Waals surface area contributed by atoms with Gasteiger partial charge in [-0.25, -0.2) is 0 Å². The third kappa shape index (κ3) is 5.35. The van der Waals surface area contributed by atoms with Gasteiger partial charge in [-0.1, -0.05) is 50.3 Å². The summed E-state index contributed by atoms with van der Waals surface area (Å²) in [6.07, 6.45) is 2.16. The molecule has 1 aliphatic rings. The summed E-state index contributed by atoms with van der Waals surface area (Å²) in [5.41, 5.74) is 0.833. The van der Waals surface area contributed by atoms with Crippen LogP contribution in [0.25, 0.3) is 0 Å². The van der Waals surface area contributed by atoms with Crippen LogP contribution in [-0.2, 0) is 11.2 Å². The molecule has 2 heterocycles. The van der Waals surface area contributed by atoms with Crippen molar-refractivity contribution in [2.24, 2.45) is 11.3 Å². The third-order valence-corrected chi connectivity index (χ3v) is 5.39. The number of piperidine rings is 1. The monoisotopic (exact) mass is 386 g/mol. The first-order chi connectivity index (χ1) is 12.8. The predicted molar refractivity (Wildman–Crippen MR) is 107 cm³/mol. The molecule has 1 saturated heterocycles. The number of rotatable bonds is 4. The summed E-state index contributed by atoms with van der Waals surface area (Å²) in [7, 11) is 0. The van der Waals surface area contributed by atoms with Crippen molar-refractivity contribution < 1.29 is 9.59 Å². The molecule has 0 atom stereocenters. The molecule has 0 spiro atoms. The Balaban J connectivity index is 1.51. The molecule has 0 radical (unpaired) electrons. The molecule has 0 aliphatic carbocycles. The van der Waals surface area contributed by atoms with E-state index >= 15 is 0 Å². The normalized spacial score (nSPS) is 15.6. The van der Waals surface area contributed by atoms with Gasteiger partial charge in [0.05, 0.1) is 0 Å². The van der Waals surface area contributed by atoms with Crippen LogP contribution >= 0.6 is 11.3 Å². The van der Waals surface area contributed by atoms with E-state index in [9.17, 15) is 9.59 Å². The SMILES string of the molecule is CC(C)(C)Cc1nnc(NC(=O)C2CCN(C(=O)c3ccccc3)CC2)s1. The quantitative estimate of drug-likeness (QED) is 0.871. The van der Waals surface area contributed by atoms with Gasteiger partial charge in [0.15, 0.2) is 0 Å². The molecule has 3 rings (SSSR count). The maximum absolute atomic E-state index is 12.5. The van der Waals surface area contributed by atoms with Crippen LogP contribution in [0.4, 0.5) is 5.13 Å². The molecule has 27 heavy (non-hydrogen) atoms. The van der Waals surface area contributed by atoms with E-state index in [-0.39, 0.29) is 23.1 Å². The van der Waals surface area contributed by atoms with Crippen molar-refractivity contribution in [1.82, 2.24) is 15.1 Å². The molecular weight excluding hydrogens is 360 g/mol. The average molecular weight is 387 g/mol. The molecule has 2 amide bonds. The van der Waals surface area contributed by atoms with Crippen molar-refractivity contribution in [1.29, 1.82) is 0 Å². The Hall–Kier alpha value is -2.28. The topological polar surface area (TPSA) is 75.2 Å². The lowest BCUT2D eigenvalue weighted by Gasteiger charge is -2.31. The van der Waals surface area contributed by atoms with Crippen LogP contribution < -0.4 is 5.32 Å². The number of benzene rings is 1. The second-order valence-corrected chi connectivity index (χ2v) is 9.22. The molecule has 7 heteroatoms. The number of likely N-dealkylation sites (tertiary alicyclic amines) is 1. The van der Waals surface area contributed by atoms with Crippen molar-refractivity contribution in [3.8, 4) is 0 Å². The number of nitrogens with zero attached hydrogens (tertiary/aromatic N) is 3. The first kappa shape index (κ1) is 19.5. The predicted octanol–water partition coefficient (Wildman–Crippen LogP) is 3.62. The van der Waals surface area contributed by atoms with Gasteiger partial charge in [0.2, 0.25) is 11.0 Å². The minimum absolute atomic E-state index is 0.0275. The highest BCUT2D eigenvalue weighted by Gasteiger charge is 2.28. The van der Waals surface area contributed by atoms with Gasteiger partial charge in [0.25, 0.3) is 5.91 Å². The van der Waals surface area contributed by atoms with E-state index in [4.69, 9.17) is 0 Å². The molecule has 2 aromatic rings. The fourth-order valence-corrected chi connectivity index (χ4v) is 4.19. The minimum atomic E-state index is -0.0974. The van der Waals surface area contributed by atoms with Crippen LogP contribution in [-0.4, -0.2) is 40.0 Å². The highest BCUT2D eigenvalue weighted by atomic mass is 32.1. The highest BCUT2D eigenvalue weighted by molar-refractivity contribution is 7.15. The number of amides is 2. The van der Waals surface area contributed by atoms with Crippen molar-refractivity contribution in [2.45, 2.75) is 40.0 Å². The Kier molecular flexibility index (Phi) is 5.89. The Labute approximate surface area is 164 Å². The number of hydrogen-bond donors (Lipinski definition) is 1. The van der Waals surface area contributed by atoms with Gasteiger partial charge in [-0.05, 0) is 30.4 Å². The van der Waals surface area contributed by atoms with Gasteiger partial charge < -0.3 is 10.2 Å². The summed E-state index contributed by atoms with van der Waals surface area (Å²) in [5.74, 6) is -0.0922. The third-order valence-electron chi connectivity index (χ3n) is 4.55. The summed E-state index contributed by atoms with van der Waals surface area (Å²) in [6.45, 7) is 7.64. The molecule has 6 nitrogen and oxygen atoms in total. The lowest BCUT2D eigenvalue weighted by molar-refractivity contribution is -0.121. The number of anilines is 1. The Morgan fingerprint density at radius 3 is 2.44 bits per heavy atom. The molecule has 0 unspecified atom stereocenters. The summed E-state index contributed by atoms with van der Waals surface area (Å²) in [6, 6.07) is 9.28. The second kappa shape index (κ2) is 8.17. The van der Waals surface area contributed by atoms with Crippen LogP contribution in [0, 0.1) is 11.3 Å². The standard InChI is InChI=1S/C20H26N4O2S/c1-20(2,3)13-16-22-23-19(27-16)21-17(25)14-9-11-24(12-10-14)18(26)15-7-5-4-6-8-15/h4-8,14H,9-13H2,1-3H3,(H,21,23,25). The van der Waals surface area contributed by atoms with Gasteiger partial charge in [0.1, 0.15) is 5.01 Å². The van der Waals surface area contributed by atoms with Crippen molar-refractivity contribution in [3.63, 3.8) is 0 Å². The minimum Gasteiger partial charge on any atom is -0.339 e. The Morgan fingerprint density at radius 1 is 1.15 bits per heavy atom. The molecule has 1 aromatic carbocycles. The Bertz CT molecular complexity index is 790. The van der Waals surface area contributed by atoms with E-state index in [0.29, 0.717) is 36.6 Å². The lowest BCUT2D eigenvalue weighted by atomic mass is 9.93. The van der Waals surface area contributed by atoms with Gasteiger partial charge in [-0.3, -0.25) is 9.59 Å². The maximum Gasteiger partial charge on any atom is 0.253 e. The van der Waals surface area contributed by atoms with E-state index in [1.807, 2.05) is 35.2 Å². The smallest absolute Gasteiger partial charge is 0.253 e. The molecule has 0 saturated carbocycles. The highest BCUT2D eigenvalue weighted by Crippen LogP contribution is 2.26. The first-order valence-corrected chi connectivity index (χ1v) is 10.1. The van der Waals surface area contributed by atoms with E-state index in [2.05, 4.69) is 36.3 Å². The summed E-state index contributed by atoms with van der Waals surface area (Å²) in [4.78, 5) is 26.9. The number of carbonyl (C=O) groups excluding carboxylic acids is 2. The molecule has 1 aromatic heterocycles. The van der Waals surface area contributed by atoms with Crippen molar-refractivity contribution in [3.05, 3.63) is 40.9 Å². The zero-order valence-electron chi connectivity index (χ0n) is 16.1. The van der Waals surface area contributed by atoms with E-state index in [1.54, 1.807) is 0 Å². The maximum atomic E-state index is 12.5. The van der Waals surface area contributed by atoms with Gasteiger partial charge in [-0.2, -0.15) is 0 Å². The van der Waals surface area contributed by atoms with Crippen LogP contribution in [0.2, 0.25) is 0 Å². The average Bonchev–Trinajstić information content (AvgIpc) is 3.07. The molecule has 1 N–H and O–H groups in total. The molecule has 0 bridgehead atoms. The zero-order chi connectivity index (χ0) is 19.4. The molecule has 144 valence electrons. The van der Waals surface area contributed by atoms with E-state index < -0.39 is 0 Å². The van der Waals surface area contributed by atoms with E-state index in [1.165, 1.54) is 11.3 Å². The summed E-state index contributed by atoms with van der Waals surface area (Å²) >= 11 is 1.44. The molecule has 1 fully saturated rings. The second-order valence-electron chi connectivity index (χ2n) is 8.16. The fourth-order valence-electron chi connectivity index (χ4n) is 3.14. The van der Waals surface area contributed by atoms with Crippen LogP contribution in [0.3, 0.4) is 0 Å². The largest absolute Gasteiger partial charge is 0.339 e. The van der Waals surface area contributed by atoms with Crippen molar-refractivity contribution in [2.75, 3.05) is 18.4 Å². The van der Waals surface area contributed by atoms with Crippen LogP contribution in [0.5, 0.6) is 0 Å². The van der Waals surface area contributed by atoms with Crippen LogP contribution in [0.1, 0.15) is 49.0 Å².